The van der Waals surface area contributed by atoms with E-state index in [2.05, 4.69) is 10.3 Å². The van der Waals surface area contributed by atoms with E-state index in [-0.39, 0.29) is 12.0 Å². The maximum Gasteiger partial charge on any atom is 0.307 e. The number of esters is 1. The molecule has 0 aliphatic heterocycles. The van der Waals surface area contributed by atoms with Gasteiger partial charge in [0.2, 0.25) is 0 Å². The maximum absolute atomic E-state index is 11.5. The largest absolute Gasteiger partial charge is 0.466 e. The maximum atomic E-state index is 11.5. The van der Waals surface area contributed by atoms with Gasteiger partial charge in [-0.2, -0.15) is 0 Å². The number of ether oxygens (including phenoxy) is 1. The molecule has 1 aromatic rings. The molecule has 1 atom stereocenters. The number of pyridine rings is 1. The Hall–Kier alpha value is -1.42. The molecule has 4 heteroatoms. The van der Waals surface area contributed by atoms with Crippen LogP contribution in [-0.2, 0) is 9.53 Å². The van der Waals surface area contributed by atoms with Crippen molar-refractivity contribution in [2.45, 2.75) is 33.2 Å². The molecule has 4 nitrogen and oxygen atoms in total. The fourth-order valence-electron chi connectivity index (χ4n) is 1.63. The lowest BCUT2D eigenvalue weighted by Crippen LogP contribution is -2.24. The van der Waals surface area contributed by atoms with E-state index >= 15 is 0 Å². The van der Waals surface area contributed by atoms with E-state index in [9.17, 15) is 4.79 Å². The zero-order valence-corrected chi connectivity index (χ0v) is 10.7. The van der Waals surface area contributed by atoms with Crippen molar-refractivity contribution >= 4 is 5.97 Å². The topological polar surface area (TPSA) is 51.2 Å². The summed E-state index contributed by atoms with van der Waals surface area (Å²) in [7, 11) is 0. The molecule has 0 bridgehead atoms. The van der Waals surface area contributed by atoms with Crippen LogP contribution < -0.4 is 5.32 Å². The van der Waals surface area contributed by atoms with E-state index in [1.54, 1.807) is 0 Å². The number of aromatic nitrogens is 1. The second kappa shape index (κ2) is 7.01. The number of nitrogens with zero attached hydrogens (tertiary/aromatic N) is 1. The summed E-state index contributed by atoms with van der Waals surface area (Å²) < 4.78 is 4.96. The van der Waals surface area contributed by atoms with Gasteiger partial charge in [0.25, 0.3) is 0 Å². The first-order chi connectivity index (χ1) is 8.17. The van der Waals surface area contributed by atoms with E-state index in [1.807, 2.05) is 39.1 Å². The van der Waals surface area contributed by atoms with Crippen molar-refractivity contribution in [3.63, 3.8) is 0 Å². The number of hydrogen-bond donors (Lipinski definition) is 1. The SMILES string of the molecule is CCNC(CC(=O)OCC)c1ccc(C)nc1. The molecule has 0 saturated carbocycles. The molecule has 94 valence electrons. The van der Waals surface area contributed by atoms with Gasteiger partial charge in [-0.25, -0.2) is 0 Å². The Morgan fingerprint density at radius 1 is 1.47 bits per heavy atom. The summed E-state index contributed by atoms with van der Waals surface area (Å²) in [4.78, 5) is 15.7. The molecule has 0 fully saturated rings. The van der Waals surface area contributed by atoms with Crippen LogP contribution in [0.15, 0.2) is 18.3 Å². The predicted octanol–water partition coefficient (Wildman–Crippen LogP) is 1.99. The summed E-state index contributed by atoms with van der Waals surface area (Å²) in [6.45, 7) is 6.99. The van der Waals surface area contributed by atoms with Crippen molar-refractivity contribution in [2.75, 3.05) is 13.2 Å². The van der Waals surface area contributed by atoms with E-state index in [4.69, 9.17) is 4.74 Å². The molecular formula is C13H20N2O2. The summed E-state index contributed by atoms with van der Waals surface area (Å²) in [5.41, 5.74) is 1.99. The van der Waals surface area contributed by atoms with Crippen LogP contribution >= 0.6 is 0 Å². The molecule has 0 aliphatic rings. The van der Waals surface area contributed by atoms with Gasteiger partial charge in [0.1, 0.15) is 0 Å². The zero-order valence-electron chi connectivity index (χ0n) is 10.7. The standard InChI is InChI=1S/C13H20N2O2/c1-4-14-12(8-13(16)17-5-2)11-7-6-10(3)15-9-11/h6-7,9,12,14H,4-5,8H2,1-3H3. The highest BCUT2D eigenvalue weighted by Gasteiger charge is 2.15. The molecule has 0 amide bonds. The van der Waals surface area contributed by atoms with Crippen LogP contribution in [-0.4, -0.2) is 24.1 Å². The predicted molar refractivity (Wildman–Crippen MR) is 66.6 cm³/mol. The molecule has 1 rings (SSSR count). The molecule has 0 aliphatic carbocycles. The first kappa shape index (κ1) is 13.6. The molecule has 1 unspecified atom stereocenters. The van der Waals surface area contributed by atoms with Crippen LogP contribution in [0.2, 0.25) is 0 Å². The van der Waals surface area contributed by atoms with Crippen LogP contribution in [0.1, 0.15) is 37.6 Å². The lowest BCUT2D eigenvalue weighted by molar-refractivity contribution is -0.143. The Balaban J connectivity index is 2.71. The zero-order chi connectivity index (χ0) is 12.7. The third-order valence-corrected chi connectivity index (χ3v) is 2.46. The molecule has 1 heterocycles. The van der Waals surface area contributed by atoms with Crippen molar-refractivity contribution in [3.05, 3.63) is 29.6 Å². The van der Waals surface area contributed by atoms with Gasteiger partial charge in [-0.3, -0.25) is 9.78 Å². The molecular weight excluding hydrogens is 216 g/mol. The number of carbonyl (C=O) groups excluding carboxylic acids is 1. The number of nitrogens with one attached hydrogen (secondary N) is 1. The lowest BCUT2D eigenvalue weighted by Gasteiger charge is -2.17. The van der Waals surface area contributed by atoms with Gasteiger partial charge >= 0.3 is 5.97 Å². The Bertz CT molecular complexity index is 349. The van der Waals surface area contributed by atoms with E-state index in [1.165, 1.54) is 0 Å². The highest BCUT2D eigenvalue weighted by molar-refractivity contribution is 5.70. The van der Waals surface area contributed by atoms with Gasteiger partial charge in [0.05, 0.1) is 13.0 Å². The molecule has 0 aromatic carbocycles. The van der Waals surface area contributed by atoms with Crippen LogP contribution in [0.3, 0.4) is 0 Å². The fraction of sp³-hybridized carbons (Fsp3) is 0.538. The van der Waals surface area contributed by atoms with Gasteiger partial charge in [0.15, 0.2) is 0 Å². The molecule has 1 aromatic heterocycles. The second-order valence-corrected chi connectivity index (χ2v) is 3.85. The summed E-state index contributed by atoms with van der Waals surface area (Å²) in [6.07, 6.45) is 2.15. The van der Waals surface area contributed by atoms with Gasteiger partial charge in [-0.1, -0.05) is 13.0 Å². The Morgan fingerprint density at radius 3 is 2.76 bits per heavy atom. The van der Waals surface area contributed by atoms with Crippen LogP contribution in [0.25, 0.3) is 0 Å². The summed E-state index contributed by atoms with van der Waals surface area (Å²) in [6, 6.07) is 3.92. The highest BCUT2D eigenvalue weighted by Crippen LogP contribution is 2.16. The summed E-state index contributed by atoms with van der Waals surface area (Å²) >= 11 is 0. The molecule has 1 N–H and O–H groups in total. The number of aryl methyl sites for hydroxylation is 1. The van der Waals surface area contributed by atoms with Crippen molar-refractivity contribution in [1.29, 1.82) is 0 Å². The number of hydrogen-bond acceptors (Lipinski definition) is 4. The van der Waals surface area contributed by atoms with Crippen LogP contribution in [0.4, 0.5) is 0 Å². The monoisotopic (exact) mass is 236 g/mol. The normalized spacial score (nSPS) is 12.2. The van der Waals surface area contributed by atoms with E-state index in [0.29, 0.717) is 13.0 Å². The first-order valence-corrected chi connectivity index (χ1v) is 5.99. The van der Waals surface area contributed by atoms with Gasteiger partial charge < -0.3 is 10.1 Å². The average molecular weight is 236 g/mol. The van der Waals surface area contributed by atoms with Crippen LogP contribution in [0, 0.1) is 6.92 Å². The Labute approximate surface area is 102 Å². The summed E-state index contributed by atoms with van der Waals surface area (Å²) in [5, 5.41) is 3.27. The van der Waals surface area contributed by atoms with Crippen LogP contribution in [0.5, 0.6) is 0 Å². The average Bonchev–Trinajstić information content (AvgIpc) is 2.30. The van der Waals surface area contributed by atoms with Crippen molar-refractivity contribution in [1.82, 2.24) is 10.3 Å². The summed E-state index contributed by atoms with van der Waals surface area (Å²) in [5.74, 6) is -0.181. The molecule has 0 radical (unpaired) electrons. The quantitative estimate of drug-likeness (QED) is 0.767. The highest BCUT2D eigenvalue weighted by atomic mass is 16.5. The smallest absolute Gasteiger partial charge is 0.307 e. The third kappa shape index (κ3) is 4.53. The minimum atomic E-state index is -0.181. The van der Waals surface area contributed by atoms with Gasteiger partial charge in [0, 0.05) is 17.9 Å². The van der Waals surface area contributed by atoms with Crippen molar-refractivity contribution in [3.8, 4) is 0 Å². The first-order valence-electron chi connectivity index (χ1n) is 5.99. The second-order valence-electron chi connectivity index (χ2n) is 3.85. The fourth-order valence-corrected chi connectivity index (χ4v) is 1.63. The number of carbonyl (C=O) groups is 1. The van der Waals surface area contributed by atoms with E-state index < -0.39 is 0 Å². The Morgan fingerprint density at radius 2 is 2.24 bits per heavy atom. The van der Waals surface area contributed by atoms with Crippen molar-refractivity contribution < 1.29 is 9.53 Å². The molecule has 17 heavy (non-hydrogen) atoms. The Kier molecular flexibility index (Phi) is 5.63. The third-order valence-electron chi connectivity index (χ3n) is 2.46. The number of rotatable bonds is 6. The molecule has 0 saturated heterocycles. The molecule has 0 spiro atoms. The van der Waals surface area contributed by atoms with E-state index in [0.717, 1.165) is 17.8 Å². The minimum absolute atomic E-state index is 0.0212. The van der Waals surface area contributed by atoms with Gasteiger partial charge in [-0.05, 0) is 32.0 Å². The van der Waals surface area contributed by atoms with Crippen molar-refractivity contribution in [2.24, 2.45) is 0 Å². The lowest BCUT2D eigenvalue weighted by atomic mass is 10.1. The van der Waals surface area contributed by atoms with Gasteiger partial charge in [-0.15, -0.1) is 0 Å². The minimum Gasteiger partial charge on any atom is -0.466 e.